The van der Waals surface area contributed by atoms with Gasteiger partial charge in [0, 0.05) is 11.8 Å². The first kappa shape index (κ1) is 18.8. The van der Waals surface area contributed by atoms with E-state index < -0.39 is 5.91 Å². The average Bonchev–Trinajstić information content (AvgIpc) is 2.95. The van der Waals surface area contributed by atoms with Gasteiger partial charge < -0.3 is 20.5 Å². The van der Waals surface area contributed by atoms with E-state index in [1.165, 1.54) is 7.11 Å². The molecule has 0 spiro atoms. The lowest BCUT2D eigenvalue weighted by molar-refractivity contribution is -0.119. The van der Waals surface area contributed by atoms with E-state index in [-0.39, 0.29) is 24.1 Å². The van der Waals surface area contributed by atoms with Gasteiger partial charge in [-0.25, -0.2) is 0 Å². The Bertz CT molecular complexity index is 788. The Balaban J connectivity index is 2.20. The number of amides is 2. The van der Waals surface area contributed by atoms with E-state index in [4.69, 9.17) is 15.2 Å². The number of nitrogens with one attached hydrogen (secondary N) is 2. The number of carbonyl (C=O) groups excluding carboxylic acids is 2. The highest BCUT2D eigenvalue weighted by atomic mass is 79.9. The minimum atomic E-state index is -0.613. The van der Waals surface area contributed by atoms with Gasteiger partial charge in [-0.05, 0) is 34.0 Å². The van der Waals surface area contributed by atoms with E-state index in [0.717, 1.165) is 5.69 Å². The molecule has 9 heteroatoms. The topological polar surface area (TPSA) is 119 Å². The van der Waals surface area contributed by atoms with Gasteiger partial charge in [0.1, 0.15) is 0 Å². The van der Waals surface area contributed by atoms with Gasteiger partial charge in [-0.2, -0.15) is 5.10 Å². The van der Waals surface area contributed by atoms with E-state index >= 15 is 0 Å². The third kappa shape index (κ3) is 4.50. The molecule has 134 valence electrons. The molecule has 0 unspecified atom stereocenters. The predicted octanol–water partition coefficient (Wildman–Crippen LogP) is 2.42. The van der Waals surface area contributed by atoms with Gasteiger partial charge in [-0.15, -0.1) is 0 Å². The Hall–Kier alpha value is -2.55. The second-order valence-electron chi connectivity index (χ2n) is 5.53. The van der Waals surface area contributed by atoms with Gasteiger partial charge in [0.2, 0.25) is 0 Å². The fourth-order valence-corrected chi connectivity index (χ4v) is 2.90. The first-order chi connectivity index (χ1) is 11.8. The van der Waals surface area contributed by atoms with Crippen LogP contribution in [-0.2, 0) is 4.79 Å². The molecule has 4 N–H and O–H groups in total. The number of carbonyl (C=O) groups is 2. The van der Waals surface area contributed by atoms with Crippen molar-refractivity contribution in [2.75, 3.05) is 19.0 Å². The van der Waals surface area contributed by atoms with Crippen molar-refractivity contribution < 1.29 is 19.1 Å². The molecular formula is C16H19BrN4O4. The number of nitrogens with zero attached hydrogens (tertiary/aromatic N) is 1. The second kappa shape index (κ2) is 8.02. The Labute approximate surface area is 153 Å². The monoisotopic (exact) mass is 410 g/mol. The number of aromatic amines is 1. The summed E-state index contributed by atoms with van der Waals surface area (Å²) < 4.78 is 11.1. The molecule has 0 saturated heterocycles. The number of benzene rings is 1. The van der Waals surface area contributed by atoms with Crippen molar-refractivity contribution in [1.82, 2.24) is 10.2 Å². The first-order valence-electron chi connectivity index (χ1n) is 7.47. The van der Waals surface area contributed by atoms with Gasteiger partial charge in [0.15, 0.2) is 23.8 Å². The van der Waals surface area contributed by atoms with Crippen molar-refractivity contribution in [2.24, 2.45) is 5.73 Å². The van der Waals surface area contributed by atoms with Crippen LogP contribution in [0.1, 0.15) is 35.9 Å². The van der Waals surface area contributed by atoms with Crippen LogP contribution in [0.4, 0.5) is 5.69 Å². The third-order valence-corrected chi connectivity index (χ3v) is 4.12. The number of halogens is 1. The van der Waals surface area contributed by atoms with Crippen LogP contribution in [0.3, 0.4) is 0 Å². The molecule has 0 fully saturated rings. The van der Waals surface area contributed by atoms with Crippen molar-refractivity contribution >= 4 is 33.4 Å². The molecule has 0 aliphatic rings. The highest BCUT2D eigenvalue weighted by Crippen LogP contribution is 2.31. The summed E-state index contributed by atoms with van der Waals surface area (Å²) in [7, 11) is 1.47. The molecule has 2 amide bonds. The van der Waals surface area contributed by atoms with Crippen LogP contribution in [0, 0.1) is 0 Å². The summed E-state index contributed by atoms with van der Waals surface area (Å²) >= 11 is 3.39. The van der Waals surface area contributed by atoms with Crippen LogP contribution in [0.2, 0.25) is 0 Å². The number of anilines is 1. The highest BCUT2D eigenvalue weighted by Gasteiger charge is 2.20. The molecule has 1 aromatic heterocycles. The van der Waals surface area contributed by atoms with Crippen molar-refractivity contribution in [3.05, 3.63) is 34.1 Å². The molecule has 8 nitrogen and oxygen atoms in total. The number of aromatic nitrogens is 2. The SMILES string of the molecule is COc1ccc(NC(=O)c2n[nH]c(C(C)C)c2Br)cc1OCC(N)=O. The third-order valence-electron chi connectivity index (χ3n) is 3.32. The van der Waals surface area contributed by atoms with Gasteiger partial charge >= 0.3 is 0 Å². The van der Waals surface area contributed by atoms with E-state index in [2.05, 4.69) is 31.4 Å². The Morgan fingerprint density at radius 1 is 1.36 bits per heavy atom. The van der Waals surface area contributed by atoms with Crippen molar-refractivity contribution in [1.29, 1.82) is 0 Å². The van der Waals surface area contributed by atoms with Crippen LogP contribution in [0.5, 0.6) is 11.5 Å². The van der Waals surface area contributed by atoms with E-state index in [1.54, 1.807) is 18.2 Å². The predicted molar refractivity (Wildman–Crippen MR) is 96.0 cm³/mol. The lowest BCUT2D eigenvalue weighted by atomic mass is 10.1. The molecule has 1 aromatic carbocycles. The number of H-pyrrole nitrogens is 1. The molecule has 0 radical (unpaired) electrons. The summed E-state index contributed by atoms with van der Waals surface area (Å²) in [5.74, 6) is -0.0947. The van der Waals surface area contributed by atoms with Crippen molar-refractivity contribution in [2.45, 2.75) is 19.8 Å². The van der Waals surface area contributed by atoms with Crippen LogP contribution < -0.4 is 20.5 Å². The number of primary amides is 1. The molecule has 2 rings (SSSR count). The van der Waals surface area contributed by atoms with Crippen LogP contribution >= 0.6 is 15.9 Å². The Morgan fingerprint density at radius 3 is 2.64 bits per heavy atom. The Morgan fingerprint density at radius 2 is 2.08 bits per heavy atom. The number of nitrogens with two attached hydrogens (primary N) is 1. The van der Waals surface area contributed by atoms with E-state index in [0.29, 0.717) is 21.7 Å². The maximum Gasteiger partial charge on any atom is 0.277 e. The summed E-state index contributed by atoms with van der Waals surface area (Å²) in [5.41, 5.74) is 6.63. The molecule has 0 aliphatic heterocycles. The molecule has 2 aromatic rings. The fourth-order valence-electron chi connectivity index (χ4n) is 2.08. The standard InChI is InChI=1S/C16H19BrN4O4/c1-8(2)14-13(17)15(21-20-14)16(23)19-9-4-5-10(24-3)11(6-9)25-7-12(18)22/h4-6,8H,7H2,1-3H3,(H2,18,22)(H,19,23)(H,20,21). The zero-order valence-electron chi connectivity index (χ0n) is 14.1. The molecule has 0 bridgehead atoms. The molecule has 0 saturated carbocycles. The molecule has 0 atom stereocenters. The quantitative estimate of drug-likeness (QED) is 0.647. The van der Waals surface area contributed by atoms with Gasteiger partial charge in [0.05, 0.1) is 17.3 Å². The largest absolute Gasteiger partial charge is 0.493 e. The summed E-state index contributed by atoms with van der Waals surface area (Å²) in [4.78, 5) is 23.3. The molecule has 0 aliphatic carbocycles. The number of hydrogen-bond acceptors (Lipinski definition) is 5. The van der Waals surface area contributed by atoms with Gasteiger partial charge in [-0.1, -0.05) is 13.8 Å². The Kier molecular flexibility index (Phi) is 6.02. The highest BCUT2D eigenvalue weighted by molar-refractivity contribution is 9.10. The number of methoxy groups -OCH3 is 1. The summed E-state index contributed by atoms with van der Waals surface area (Å²) in [6.45, 7) is 3.69. The second-order valence-corrected chi connectivity index (χ2v) is 6.32. The zero-order valence-corrected chi connectivity index (χ0v) is 15.6. The number of hydrogen-bond donors (Lipinski definition) is 3. The summed E-state index contributed by atoms with van der Waals surface area (Å²) in [6.07, 6.45) is 0. The minimum absolute atomic E-state index is 0.193. The van der Waals surface area contributed by atoms with Crippen LogP contribution in [-0.4, -0.2) is 35.7 Å². The van der Waals surface area contributed by atoms with E-state index in [9.17, 15) is 9.59 Å². The summed E-state index contributed by atoms with van der Waals surface area (Å²) in [6, 6.07) is 4.81. The van der Waals surface area contributed by atoms with Crippen LogP contribution in [0.15, 0.2) is 22.7 Å². The normalized spacial score (nSPS) is 10.6. The maximum absolute atomic E-state index is 12.4. The minimum Gasteiger partial charge on any atom is -0.493 e. The molecular weight excluding hydrogens is 392 g/mol. The van der Waals surface area contributed by atoms with E-state index in [1.807, 2.05) is 13.8 Å². The van der Waals surface area contributed by atoms with Crippen molar-refractivity contribution in [3.63, 3.8) is 0 Å². The first-order valence-corrected chi connectivity index (χ1v) is 8.27. The summed E-state index contributed by atoms with van der Waals surface area (Å²) in [5, 5.41) is 9.62. The van der Waals surface area contributed by atoms with Crippen LogP contribution in [0.25, 0.3) is 0 Å². The maximum atomic E-state index is 12.4. The van der Waals surface area contributed by atoms with Crippen molar-refractivity contribution in [3.8, 4) is 11.5 Å². The van der Waals surface area contributed by atoms with Gasteiger partial charge in [0.25, 0.3) is 11.8 Å². The molecule has 25 heavy (non-hydrogen) atoms. The number of ether oxygens (including phenoxy) is 2. The number of rotatable bonds is 7. The lowest BCUT2D eigenvalue weighted by Crippen LogP contribution is -2.20. The molecule has 1 heterocycles. The fraction of sp³-hybridized carbons (Fsp3) is 0.312. The van der Waals surface area contributed by atoms with Gasteiger partial charge in [-0.3, -0.25) is 14.7 Å². The lowest BCUT2D eigenvalue weighted by Gasteiger charge is -2.12. The average molecular weight is 411 g/mol. The zero-order chi connectivity index (χ0) is 18.6. The smallest absolute Gasteiger partial charge is 0.277 e.